The van der Waals surface area contributed by atoms with Crippen molar-refractivity contribution in [1.82, 2.24) is 4.98 Å². The van der Waals surface area contributed by atoms with Crippen molar-refractivity contribution in [2.45, 2.75) is 6.92 Å². The second-order valence-corrected chi connectivity index (χ2v) is 7.08. The van der Waals surface area contributed by atoms with E-state index >= 15 is 0 Å². The van der Waals surface area contributed by atoms with Gasteiger partial charge in [0.25, 0.3) is 5.91 Å². The molecule has 0 saturated carbocycles. The van der Waals surface area contributed by atoms with Crippen LogP contribution in [0.5, 0.6) is 5.75 Å². The van der Waals surface area contributed by atoms with Gasteiger partial charge in [0, 0.05) is 21.8 Å². The summed E-state index contributed by atoms with van der Waals surface area (Å²) in [5, 5.41) is 3.88. The highest BCUT2D eigenvalue weighted by Crippen LogP contribution is 2.28. The summed E-state index contributed by atoms with van der Waals surface area (Å²) in [5.41, 5.74) is 3.11. The fraction of sp³-hybridized carbons (Fsp3) is 0.0909. The van der Waals surface area contributed by atoms with Crippen molar-refractivity contribution in [3.8, 4) is 17.2 Å². The molecule has 3 aromatic carbocycles. The molecule has 0 atom stereocenters. The van der Waals surface area contributed by atoms with E-state index < -0.39 is 0 Å². The van der Waals surface area contributed by atoms with E-state index in [1.807, 2.05) is 19.1 Å². The number of nitrogens with zero attached hydrogens (tertiary/aromatic N) is 1. The summed E-state index contributed by atoms with van der Waals surface area (Å²) in [6.07, 6.45) is 0. The zero-order valence-corrected chi connectivity index (χ0v) is 16.9. The number of hydrogen-bond donors (Lipinski definition) is 1. The Morgan fingerprint density at radius 2 is 1.86 bits per heavy atom. The van der Waals surface area contributed by atoms with Gasteiger partial charge in [0.1, 0.15) is 11.3 Å². The van der Waals surface area contributed by atoms with E-state index in [2.05, 4.69) is 10.3 Å². The van der Waals surface area contributed by atoms with Gasteiger partial charge in [-0.25, -0.2) is 4.98 Å². The molecule has 0 spiro atoms. The van der Waals surface area contributed by atoms with Gasteiger partial charge in [0.2, 0.25) is 5.89 Å². The lowest BCUT2D eigenvalue weighted by atomic mass is 10.2. The molecule has 5 nitrogen and oxygen atoms in total. The van der Waals surface area contributed by atoms with Crippen molar-refractivity contribution in [2.75, 3.05) is 11.9 Å². The van der Waals surface area contributed by atoms with Crippen molar-refractivity contribution in [1.29, 1.82) is 0 Å². The molecule has 1 amide bonds. The van der Waals surface area contributed by atoms with Gasteiger partial charge in [-0.1, -0.05) is 23.2 Å². The Hall–Kier alpha value is -3.02. The van der Waals surface area contributed by atoms with Gasteiger partial charge >= 0.3 is 0 Å². The van der Waals surface area contributed by atoms with Crippen LogP contribution in [0, 0.1) is 0 Å². The topological polar surface area (TPSA) is 64.4 Å². The predicted octanol–water partition coefficient (Wildman–Crippen LogP) is 6.45. The Morgan fingerprint density at radius 3 is 2.59 bits per heavy atom. The molecule has 1 aromatic heterocycles. The number of rotatable bonds is 5. The predicted molar refractivity (Wildman–Crippen MR) is 115 cm³/mol. The van der Waals surface area contributed by atoms with Gasteiger partial charge in [-0.2, -0.15) is 0 Å². The number of fused-ring (bicyclic) bond motifs is 1. The van der Waals surface area contributed by atoms with Crippen LogP contribution in [0.1, 0.15) is 17.3 Å². The highest BCUT2D eigenvalue weighted by Gasteiger charge is 2.12. The summed E-state index contributed by atoms with van der Waals surface area (Å²) in [6, 6.07) is 17.4. The molecule has 1 heterocycles. The molecule has 4 rings (SSSR count). The average Bonchev–Trinajstić information content (AvgIpc) is 3.13. The first-order valence-corrected chi connectivity index (χ1v) is 9.69. The maximum Gasteiger partial charge on any atom is 0.255 e. The molecule has 29 heavy (non-hydrogen) atoms. The van der Waals surface area contributed by atoms with Crippen LogP contribution in [-0.4, -0.2) is 17.5 Å². The molecule has 4 aromatic rings. The van der Waals surface area contributed by atoms with E-state index in [-0.39, 0.29) is 5.91 Å². The highest BCUT2D eigenvalue weighted by molar-refractivity contribution is 6.32. The number of hydrogen-bond acceptors (Lipinski definition) is 4. The molecule has 0 aliphatic carbocycles. The molecule has 146 valence electrons. The lowest BCUT2D eigenvalue weighted by Crippen LogP contribution is -2.11. The van der Waals surface area contributed by atoms with E-state index in [0.717, 1.165) is 5.56 Å². The number of halogens is 2. The number of carbonyl (C=O) groups excluding carboxylic acids is 1. The molecule has 0 aliphatic rings. The maximum absolute atomic E-state index is 12.6. The summed E-state index contributed by atoms with van der Waals surface area (Å²) in [7, 11) is 0. The van der Waals surface area contributed by atoms with Gasteiger partial charge in [0.15, 0.2) is 5.58 Å². The number of carbonyl (C=O) groups is 1. The molecule has 0 saturated heterocycles. The summed E-state index contributed by atoms with van der Waals surface area (Å²) in [6.45, 7) is 2.37. The van der Waals surface area contributed by atoms with Crippen LogP contribution in [0.2, 0.25) is 10.0 Å². The lowest BCUT2D eigenvalue weighted by Gasteiger charge is -2.08. The fourth-order valence-electron chi connectivity index (χ4n) is 2.84. The van der Waals surface area contributed by atoms with Crippen LogP contribution in [0.3, 0.4) is 0 Å². The SMILES string of the molecule is CCOc1ccc(C(=O)Nc2ccc3oc(-c4ccc(Cl)cc4)nc3c2)cc1Cl. The summed E-state index contributed by atoms with van der Waals surface area (Å²) in [5.74, 6) is 0.749. The van der Waals surface area contributed by atoms with E-state index in [1.54, 1.807) is 48.5 Å². The lowest BCUT2D eigenvalue weighted by molar-refractivity contribution is 0.102. The smallest absolute Gasteiger partial charge is 0.255 e. The van der Waals surface area contributed by atoms with E-state index in [9.17, 15) is 4.79 Å². The second-order valence-electron chi connectivity index (χ2n) is 6.24. The monoisotopic (exact) mass is 426 g/mol. The Labute approximate surface area is 177 Å². The number of aromatic nitrogens is 1. The van der Waals surface area contributed by atoms with Gasteiger partial charge < -0.3 is 14.5 Å². The highest BCUT2D eigenvalue weighted by atomic mass is 35.5. The van der Waals surface area contributed by atoms with E-state index in [0.29, 0.717) is 50.6 Å². The summed E-state index contributed by atoms with van der Waals surface area (Å²) >= 11 is 12.1. The van der Waals surface area contributed by atoms with Crippen molar-refractivity contribution >= 4 is 45.9 Å². The minimum Gasteiger partial charge on any atom is -0.492 e. The van der Waals surface area contributed by atoms with E-state index in [4.69, 9.17) is 32.4 Å². The van der Waals surface area contributed by atoms with Crippen molar-refractivity contribution < 1.29 is 13.9 Å². The third-order valence-corrected chi connectivity index (χ3v) is 4.78. The fourth-order valence-corrected chi connectivity index (χ4v) is 3.20. The first kappa shape index (κ1) is 19.3. The molecule has 0 aliphatic heterocycles. The minimum absolute atomic E-state index is 0.282. The Morgan fingerprint density at radius 1 is 1.07 bits per heavy atom. The van der Waals surface area contributed by atoms with Gasteiger partial charge in [-0.15, -0.1) is 0 Å². The third-order valence-electron chi connectivity index (χ3n) is 4.23. The molecular formula is C22H16Cl2N2O3. The molecule has 0 unspecified atom stereocenters. The zero-order chi connectivity index (χ0) is 20.4. The molecule has 1 N–H and O–H groups in total. The van der Waals surface area contributed by atoms with Crippen molar-refractivity contribution in [3.05, 3.63) is 76.3 Å². The van der Waals surface area contributed by atoms with Crippen LogP contribution in [0.4, 0.5) is 5.69 Å². The Kier molecular flexibility index (Phi) is 5.43. The average molecular weight is 427 g/mol. The van der Waals surface area contributed by atoms with Crippen molar-refractivity contribution in [3.63, 3.8) is 0 Å². The van der Waals surface area contributed by atoms with Crippen LogP contribution in [-0.2, 0) is 0 Å². The zero-order valence-electron chi connectivity index (χ0n) is 15.4. The van der Waals surface area contributed by atoms with Crippen LogP contribution in [0.25, 0.3) is 22.6 Å². The molecular weight excluding hydrogens is 411 g/mol. The quantitative estimate of drug-likeness (QED) is 0.397. The largest absolute Gasteiger partial charge is 0.492 e. The molecule has 7 heteroatoms. The number of amides is 1. The normalized spacial score (nSPS) is 10.9. The number of nitrogens with one attached hydrogen (secondary N) is 1. The molecule has 0 radical (unpaired) electrons. The Balaban J connectivity index is 1.56. The second kappa shape index (κ2) is 8.15. The number of anilines is 1. The van der Waals surface area contributed by atoms with Crippen LogP contribution < -0.4 is 10.1 Å². The summed E-state index contributed by atoms with van der Waals surface area (Å²) < 4.78 is 11.2. The molecule has 0 bridgehead atoms. The van der Waals surface area contributed by atoms with Crippen molar-refractivity contribution in [2.24, 2.45) is 0 Å². The minimum atomic E-state index is -0.282. The standard InChI is InChI=1S/C22H16Cl2N2O3/c1-2-28-19-9-5-14(11-17(19)24)21(27)25-16-8-10-20-18(12-16)26-22(29-20)13-3-6-15(23)7-4-13/h3-12H,2H2,1H3,(H,25,27). The number of benzene rings is 3. The van der Waals surface area contributed by atoms with Crippen LogP contribution in [0.15, 0.2) is 65.1 Å². The summed E-state index contributed by atoms with van der Waals surface area (Å²) in [4.78, 5) is 17.1. The van der Waals surface area contributed by atoms with E-state index in [1.165, 1.54) is 0 Å². The Bertz CT molecular complexity index is 1190. The number of ether oxygens (including phenoxy) is 1. The van der Waals surface area contributed by atoms with Gasteiger partial charge in [0.05, 0.1) is 11.6 Å². The van der Waals surface area contributed by atoms with Gasteiger partial charge in [-0.3, -0.25) is 4.79 Å². The first-order chi connectivity index (χ1) is 14.0. The third kappa shape index (κ3) is 4.21. The maximum atomic E-state index is 12.6. The molecule has 0 fully saturated rings. The first-order valence-electron chi connectivity index (χ1n) is 8.93. The number of oxazole rings is 1. The van der Waals surface area contributed by atoms with Crippen LogP contribution >= 0.6 is 23.2 Å². The van der Waals surface area contributed by atoms with Gasteiger partial charge in [-0.05, 0) is 67.6 Å².